The molecule has 0 radical (unpaired) electrons. The van der Waals surface area contributed by atoms with Crippen LogP contribution in [-0.4, -0.2) is 26.9 Å². The Balaban J connectivity index is 1.96. The van der Waals surface area contributed by atoms with Crippen LogP contribution in [0.3, 0.4) is 0 Å². The minimum Gasteiger partial charge on any atom is -0.496 e. The van der Waals surface area contributed by atoms with E-state index in [2.05, 4.69) is 15.1 Å². The summed E-state index contributed by atoms with van der Waals surface area (Å²) >= 11 is 0. The molecule has 9 heteroatoms. The molecule has 6 nitrogen and oxygen atoms in total. The van der Waals surface area contributed by atoms with Crippen molar-refractivity contribution >= 4 is 0 Å². The monoisotopic (exact) mass is 378 g/mol. The van der Waals surface area contributed by atoms with E-state index in [1.165, 1.54) is 19.2 Å². The fourth-order valence-electron chi connectivity index (χ4n) is 2.78. The first-order chi connectivity index (χ1) is 12.7. The Bertz CT molecular complexity index is 1020. The Hall–Kier alpha value is -3.10. The molecule has 0 aliphatic carbocycles. The number of rotatable bonds is 4. The molecule has 0 saturated heterocycles. The third kappa shape index (κ3) is 3.86. The third-order valence-corrected chi connectivity index (χ3v) is 4.17. The molecule has 0 fully saturated rings. The van der Waals surface area contributed by atoms with E-state index in [-0.39, 0.29) is 17.4 Å². The zero-order valence-corrected chi connectivity index (χ0v) is 14.8. The molecule has 2 aromatic heterocycles. The molecule has 27 heavy (non-hydrogen) atoms. The van der Waals surface area contributed by atoms with Gasteiger partial charge in [-0.3, -0.25) is 9.48 Å². The van der Waals surface area contributed by atoms with Crippen LogP contribution in [0.1, 0.15) is 29.9 Å². The lowest BCUT2D eigenvalue weighted by atomic mass is 10.0. The zero-order valence-electron chi connectivity index (χ0n) is 14.8. The smallest absolute Gasteiger partial charge is 0.416 e. The van der Waals surface area contributed by atoms with Crippen molar-refractivity contribution in [3.63, 3.8) is 0 Å². The SMILES string of the molecule is COc1cc(C(F)(F)F)ccc1[C@@H](C)n1cc(-c2cc(=O)[nH]c(C)n2)cn1. The van der Waals surface area contributed by atoms with Crippen molar-refractivity contribution in [2.75, 3.05) is 7.11 Å². The van der Waals surface area contributed by atoms with Crippen molar-refractivity contribution in [3.05, 3.63) is 64.0 Å². The molecule has 0 aliphatic heterocycles. The van der Waals surface area contributed by atoms with Gasteiger partial charge in [-0.25, -0.2) is 4.98 Å². The van der Waals surface area contributed by atoms with Gasteiger partial charge in [-0.1, -0.05) is 6.07 Å². The van der Waals surface area contributed by atoms with Crippen molar-refractivity contribution in [1.29, 1.82) is 0 Å². The van der Waals surface area contributed by atoms with Gasteiger partial charge in [0.2, 0.25) is 0 Å². The number of hydrogen-bond acceptors (Lipinski definition) is 4. The Morgan fingerprint density at radius 2 is 2.00 bits per heavy atom. The number of methoxy groups -OCH3 is 1. The molecule has 0 aliphatic rings. The maximum absolute atomic E-state index is 12.9. The van der Waals surface area contributed by atoms with Crippen LogP contribution < -0.4 is 10.3 Å². The third-order valence-electron chi connectivity index (χ3n) is 4.17. The lowest BCUT2D eigenvalue weighted by molar-refractivity contribution is -0.137. The van der Waals surface area contributed by atoms with Crippen LogP contribution in [0.5, 0.6) is 5.75 Å². The second-order valence-corrected chi connectivity index (χ2v) is 6.06. The van der Waals surface area contributed by atoms with E-state index in [0.717, 1.165) is 12.1 Å². The van der Waals surface area contributed by atoms with Crippen molar-refractivity contribution in [3.8, 4) is 17.0 Å². The van der Waals surface area contributed by atoms with E-state index in [9.17, 15) is 18.0 Å². The summed E-state index contributed by atoms with van der Waals surface area (Å²) in [5.74, 6) is 0.599. The van der Waals surface area contributed by atoms with Crippen LogP contribution in [0, 0.1) is 6.92 Å². The molecule has 2 heterocycles. The molecule has 0 unspecified atom stereocenters. The average molecular weight is 378 g/mol. The van der Waals surface area contributed by atoms with E-state index < -0.39 is 11.7 Å². The van der Waals surface area contributed by atoms with Crippen molar-refractivity contribution in [2.45, 2.75) is 26.1 Å². The van der Waals surface area contributed by atoms with Crippen LogP contribution >= 0.6 is 0 Å². The molecule has 1 atom stereocenters. The number of aromatic nitrogens is 4. The predicted octanol–water partition coefficient (Wildman–Crippen LogP) is 3.58. The summed E-state index contributed by atoms with van der Waals surface area (Å²) in [4.78, 5) is 18.4. The summed E-state index contributed by atoms with van der Waals surface area (Å²) in [6, 6.07) is 4.33. The number of aromatic amines is 1. The van der Waals surface area contributed by atoms with Crippen LogP contribution in [0.2, 0.25) is 0 Å². The first kappa shape index (κ1) is 18.7. The second kappa shape index (κ2) is 6.90. The molecular weight excluding hydrogens is 361 g/mol. The highest BCUT2D eigenvalue weighted by Gasteiger charge is 2.31. The standard InChI is InChI=1S/C18H17F3N4O2/c1-10(14-5-4-13(18(19,20)21)6-16(14)27-3)25-9-12(8-22-25)15-7-17(26)24-11(2)23-15/h4-10H,1-3H3,(H,23,24,26)/t10-/m1/s1. The van der Waals surface area contributed by atoms with Gasteiger partial charge in [-0.2, -0.15) is 18.3 Å². The van der Waals surface area contributed by atoms with E-state index in [1.807, 2.05) is 0 Å². The van der Waals surface area contributed by atoms with Crippen LogP contribution in [0.4, 0.5) is 13.2 Å². The number of nitrogens with zero attached hydrogens (tertiary/aromatic N) is 3. The zero-order chi connectivity index (χ0) is 19.8. The Morgan fingerprint density at radius 3 is 2.63 bits per heavy atom. The Kier molecular flexibility index (Phi) is 4.77. The number of benzene rings is 1. The van der Waals surface area contributed by atoms with Gasteiger partial charge in [0.15, 0.2) is 0 Å². The number of alkyl halides is 3. The summed E-state index contributed by atoms with van der Waals surface area (Å²) in [6.07, 6.45) is -1.21. The number of halogens is 3. The van der Waals surface area contributed by atoms with E-state index in [0.29, 0.717) is 22.6 Å². The quantitative estimate of drug-likeness (QED) is 0.753. The van der Waals surface area contributed by atoms with Gasteiger partial charge >= 0.3 is 6.18 Å². The lowest BCUT2D eigenvalue weighted by Gasteiger charge is -2.18. The highest BCUT2D eigenvalue weighted by atomic mass is 19.4. The second-order valence-electron chi connectivity index (χ2n) is 6.06. The first-order valence-electron chi connectivity index (χ1n) is 8.06. The molecule has 1 N–H and O–H groups in total. The maximum atomic E-state index is 12.9. The average Bonchev–Trinajstić information content (AvgIpc) is 3.09. The Morgan fingerprint density at radius 1 is 1.26 bits per heavy atom. The van der Waals surface area contributed by atoms with Crippen molar-refractivity contribution in [2.24, 2.45) is 0 Å². The summed E-state index contributed by atoms with van der Waals surface area (Å²) < 4.78 is 45.5. The minimum absolute atomic E-state index is 0.125. The van der Waals surface area contributed by atoms with Crippen LogP contribution in [-0.2, 0) is 6.18 Å². The van der Waals surface area contributed by atoms with Gasteiger partial charge in [0.1, 0.15) is 11.6 Å². The van der Waals surface area contributed by atoms with Gasteiger partial charge in [0.25, 0.3) is 5.56 Å². The summed E-state index contributed by atoms with van der Waals surface area (Å²) in [7, 11) is 1.32. The lowest BCUT2D eigenvalue weighted by Crippen LogP contribution is -2.11. The summed E-state index contributed by atoms with van der Waals surface area (Å²) in [5, 5.41) is 4.26. The molecule has 0 amide bonds. The van der Waals surface area contributed by atoms with Gasteiger partial charge in [-0.05, 0) is 26.0 Å². The highest BCUT2D eigenvalue weighted by Crippen LogP contribution is 2.36. The van der Waals surface area contributed by atoms with Gasteiger partial charge in [0, 0.05) is 23.4 Å². The maximum Gasteiger partial charge on any atom is 0.416 e. The number of hydrogen-bond donors (Lipinski definition) is 1. The predicted molar refractivity (Wildman–Crippen MR) is 92.6 cm³/mol. The van der Waals surface area contributed by atoms with Gasteiger partial charge in [0.05, 0.1) is 30.6 Å². The van der Waals surface area contributed by atoms with Gasteiger partial charge < -0.3 is 9.72 Å². The molecule has 3 rings (SSSR count). The molecule has 0 bridgehead atoms. The van der Waals surface area contributed by atoms with Gasteiger partial charge in [-0.15, -0.1) is 0 Å². The fraction of sp³-hybridized carbons (Fsp3) is 0.278. The number of H-pyrrole nitrogens is 1. The summed E-state index contributed by atoms with van der Waals surface area (Å²) in [5.41, 5.74) is 0.591. The summed E-state index contributed by atoms with van der Waals surface area (Å²) in [6.45, 7) is 3.46. The molecule has 142 valence electrons. The van der Waals surface area contributed by atoms with Crippen molar-refractivity contribution < 1.29 is 17.9 Å². The molecule has 0 spiro atoms. The van der Waals surface area contributed by atoms with Crippen LogP contribution in [0.25, 0.3) is 11.3 Å². The highest BCUT2D eigenvalue weighted by molar-refractivity contribution is 5.56. The normalized spacial score (nSPS) is 12.8. The topological polar surface area (TPSA) is 72.8 Å². The number of nitrogens with one attached hydrogen (secondary N) is 1. The fourth-order valence-corrected chi connectivity index (χ4v) is 2.78. The molecular formula is C18H17F3N4O2. The molecule has 3 aromatic rings. The van der Waals surface area contributed by atoms with Crippen LogP contribution in [0.15, 0.2) is 41.5 Å². The minimum atomic E-state index is -4.45. The molecule has 1 aromatic carbocycles. The number of aryl methyl sites for hydroxylation is 1. The number of ether oxygens (including phenoxy) is 1. The van der Waals surface area contributed by atoms with E-state index >= 15 is 0 Å². The van der Waals surface area contributed by atoms with Crippen molar-refractivity contribution in [1.82, 2.24) is 19.7 Å². The first-order valence-corrected chi connectivity index (χ1v) is 8.06. The Labute approximate surface area is 152 Å². The molecule has 0 saturated carbocycles. The largest absolute Gasteiger partial charge is 0.496 e. The van der Waals surface area contributed by atoms with E-state index in [4.69, 9.17) is 4.74 Å². The van der Waals surface area contributed by atoms with E-state index in [1.54, 1.807) is 30.9 Å².